The number of rotatable bonds is 5. The van der Waals surface area contributed by atoms with Crippen molar-refractivity contribution in [2.24, 2.45) is 5.73 Å². The first-order chi connectivity index (χ1) is 7.15. The first-order valence-electron chi connectivity index (χ1n) is 4.42. The third-order valence-electron chi connectivity index (χ3n) is 1.82. The molecule has 3 nitrogen and oxygen atoms in total. The van der Waals surface area contributed by atoms with E-state index in [4.69, 9.17) is 10.8 Å². The maximum atomic E-state index is 13.2. The monoisotopic (exact) mass is 229 g/mol. The zero-order valence-corrected chi connectivity index (χ0v) is 8.89. The van der Waals surface area contributed by atoms with Gasteiger partial charge in [0.05, 0.1) is 6.61 Å². The molecule has 5 heteroatoms. The van der Waals surface area contributed by atoms with Crippen molar-refractivity contribution in [3.05, 3.63) is 35.1 Å². The van der Waals surface area contributed by atoms with E-state index < -0.39 is 5.91 Å². The van der Waals surface area contributed by atoms with Crippen LogP contribution in [0.25, 0.3) is 0 Å². The normalized spacial score (nSPS) is 10.3. The summed E-state index contributed by atoms with van der Waals surface area (Å²) in [4.78, 5) is 10.8. The fraction of sp³-hybridized carbons (Fsp3) is 0.300. The third kappa shape index (κ3) is 3.53. The van der Waals surface area contributed by atoms with Gasteiger partial charge in [-0.05, 0) is 23.8 Å². The van der Waals surface area contributed by atoms with Crippen LogP contribution in [0.15, 0.2) is 18.2 Å². The summed E-state index contributed by atoms with van der Waals surface area (Å²) in [5, 5.41) is 8.57. The summed E-state index contributed by atoms with van der Waals surface area (Å²) in [7, 11) is 0. The highest BCUT2D eigenvalue weighted by atomic mass is 32.2. The fourth-order valence-corrected chi connectivity index (χ4v) is 1.80. The van der Waals surface area contributed by atoms with Gasteiger partial charge in [-0.15, -0.1) is 0 Å². The first-order valence-corrected chi connectivity index (χ1v) is 5.57. The molecule has 0 aliphatic heterocycles. The summed E-state index contributed by atoms with van der Waals surface area (Å²) in [6.45, 7) is 0.0573. The molecule has 0 atom stereocenters. The largest absolute Gasteiger partial charge is 0.396 e. The molecule has 1 amide bonds. The van der Waals surface area contributed by atoms with E-state index in [9.17, 15) is 9.18 Å². The molecule has 0 aliphatic rings. The average Bonchev–Trinajstić information content (AvgIpc) is 2.20. The number of thioether (sulfide) groups is 1. The van der Waals surface area contributed by atoms with Gasteiger partial charge in [0, 0.05) is 17.1 Å². The van der Waals surface area contributed by atoms with Gasteiger partial charge in [-0.3, -0.25) is 4.79 Å². The van der Waals surface area contributed by atoms with E-state index in [2.05, 4.69) is 0 Å². The van der Waals surface area contributed by atoms with Crippen LogP contribution in [0, 0.1) is 5.82 Å². The van der Waals surface area contributed by atoms with Crippen molar-refractivity contribution in [3.8, 4) is 0 Å². The number of primary amides is 1. The molecule has 3 N–H and O–H groups in total. The number of halogens is 1. The third-order valence-corrected chi connectivity index (χ3v) is 2.81. The Bertz CT molecular complexity index is 357. The molecule has 0 unspecified atom stereocenters. The number of carbonyl (C=O) groups excluding carboxylic acids is 1. The maximum absolute atomic E-state index is 13.2. The van der Waals surface area contributed by atoms with Crippen LogP contribution < -0.4 is 5.73 Å². The van der Waals surface area contributed by atoms with E-state index in [-0.39, 0.29) is 12.4 Å². The minimum absolute atomic E-state index is 0.0573. The summed E-state index contributed by atoms with van der Waals surface area (Å²) in [5.74, 6) is 0.0437. The minimum atomic E-state index is -0.566. The molecule has 0 aromatic heterocycles. The number of benzene rings is 1. The number of hydrogen-bond acceptors (Lipinski definition) is 3. The smallest absolute Gasteiger partial charge is 0.248 e. The number of amides is 1. The molecular formula is C10H12FNO2S. The van der Waals surface area contributed by atoms with Crippen LogP contribution in [0.1, 0.15) is 15.9 Å². The summed E-state index contributed by atoms with van der Waals surface area (Å²) >= 11 is 1.40. The molecule has 0 aliphatic carbocycles. The molecule has 1 rings (SSSR count). The molecule has 0 saturated carbocycles. The minimum Gasteiger partial charge on any atom is -0.396 e. The van der Waals surface area contributed by atoms with Crippen molar-refractivity contribution in [2.75, 3.05) is 12.4 Å². The Labute approximate surface area is 91.5 Å². The molecule has 0 fully saturated rings. The van der Waals surface area contributed by atoms with E-state index >= 15 is 0 Å². The Balaban J connectivity index is 2.76. The number of nitrogens with two attached hydrogens (primary N) is 1. The Hall–Kier alpha value is -1.07. The van der Waals surface area contributed by atoms with Gasteiger partial charge in [0.25, 0.3) is 0 Å². The van der Waals surface area contributed by atoms with E-state index in [1.807, 2.05) is 0 Å². The predicted octanol–water partition coefficient (Wildman–Crippen LogP) is 1.15. The Kier molecular flexibility index (Phi) is 4.58. The van der Waals surface area contributed by atoms with Crippen LogP contribution in [0.5, 0.6) is 0 Å². The van der Waals surface area contributed by atoms with Crippen LogP contribution >= 0.6 is 11.8 Å². The van der Waals surface area contributed by atoms with Crippen molar-refractivity contribution < 1.29 is 14.3 Å². The Morgan fingerprint density at radius 1 is 1.53 bits per heavy atom. The highest BCUT2D eigenvalue weighted by Crippen LogP contribution is 2.17. The molecule has 1 aromatic rings. The highest BCUT2D eigenvalue weighted by Gasteiger charge is 2.06. The van der Waals surface area contributed by atoms with E-state index in [0.29, 0.717) is 22.6 Å². The van der Waals surface area contributed by atoms with Crippen molar-refractivity contribution in [1.29, 1.82) is 0 Å². The van der Waals surface area contributed by atoms with Crippen LogP contribution in [0.2, 0.25) is 0 Å². The number of carbonyl (C=O) groups is 1. The van der Waals surface area contributed by atoms with Crippen LogP contribution in [-0.2, 0) is 5.75 Å². The molecule has 0 radical (unpaired) electrons. The van der Waals surface area contributed by atoms with Gasteiger partial charge in [-0.25, -0.2) is 4.39 Å². The van der Waals surface area contributed by atoms with Crippen molar-refractivity contribution in [3.63, 3.8) is 0 Å². The predicted molar refractivity (Wildman–Crippen MR) is 58.2 cm³/mol. The number of aliphatic hydroxyl groups is 1. The zero-order chi connectivity index (χ0) is 11.3. The fourth-order valence-electron chi connectivity index (χ4n) is 1.09. The van der Waals surface area contributed by atoms with Gasteiger partial charge >= 0.3 is 0 Å². The second-order valence-electron chi connectivity index (χ2n) is 2.95. The molecule has 0 saturated heterocycles. The lowest BCUT2D eigenvalue weighted by atomic mass is 10.1. The second kappa shape index (κ2) is 5.72. The zero-order valence-electron chi connectivity index (χ0n) is 8.07. The lowest BCUT2D eigenvalue weighted by Crippen LogP contribution is -2.11. The maximum Gasteiger partial charge on any atom is 0.248 e. The molecule has 15 heavy (non-hydrogen) atoms. The Morgan fingerprint density at radius 2 is 2.27 bits per heavy atom. The highest BCUT2D eigenvalue weighted by molar-refractivity contribution is 7.98. The number of aliphatic hydroxyl groups excluding tert-OH is 1. The standard InChI is InChI=1S/C10H12FNO2S/c11-9-2-1-7(10(12)14)5-8(9)6-15-4-3-13/h1-2,5,13H,3-4,6H2,(H2,12,14). The molecule has 82 valence electrons. The topological polar surface area (TPSA) is 63.3 Å². The van der Waals surface area contributed by atoms with E-state index in [1.54, 1.807) is 0 Å². The van der Waals surface area contributed by atoms with Crippen molar-refractivity contribution in [2.45, 2.75) is 5.75 Å². The van der Waals surface area contributed by atoms with Crippen molar-refractivity contribution in [1.82, 2.24) is 0 Å². The van der Waals surface area contributed by atoms with Gasteiger partial charge in [0.15, 0.2) is 0 Å². The van der Waals surface area contributed by atoms with E-state index in [0.717, 1.165) is 0 Å². The van der Waals surface area contributed by atoms with Crippen molar-refractivity contribution >= 4 is 17.7 Å². The SMILES string of the molecule is NC(=O)c1ccc(F)c(CSCCO)c1. The van der Waals surface area contributed by atoms with Crippen LogP contribution in [-0.4, -0.2) is 23.4 Å². The Morgan fingerprint density at radius 3 is 2.87 bits per heavy atom. The van der Waals surface area contributed by atoms with Gasteiger partial charge in [0.1, 0.15) is 5.82 Å². The first kappa shape index (κ1) is 12.0. The summed E-state index contributed by atoms with van der Waals surface area (Å²) < 4.78 is 13.2. The summed E-state index contributed by atoms with van der Waals surface area (Å²) in [6.07, 6.45) is 0. The lowest BCUT2D eigenvalue weighted by molar-refractivity contribution is 0.1000. The molecular weight excluding hydrogens is 217 g/mol. The van der Waals surface area contributed by atoms with E-state index in [1.165, 1.54) is 30.0 Å². The van der Waals surface area contributed by atoms with Gasteiger partial charge in [-0.2, -0.15) is 11.8 Å². The average molecular weight is 229 g/mol. The molecule has 0 bridgehead atoms. The molecule has 0 spiro atoms. The van der Waals surface area contributed by atoms with Crippen LogP contribution in [0.3, 0.4) is 0 Å². The van der Waals surface area contributed by atoms with Gasteiger partial charge in [-0.1, -0.05) is 0 Å². The number of hydrogen-bond donors (Lipinski definition) is 2. The van der Waals surface area contributed by atoms with Gasteiger partial charge in [0.2, 0.25) is 5.91 Å². The van der Waals surface area contributed by atoms with Crippen LogP contribution in [0.4, 0.5) is 4.39 Å². The molecule has 1 aromatic carbocycles. The summed E-state index contributed by atoms with van der Waals surface area (Å²) in [6, 6.07) is 4.04. The lowest BCUT2D eigenvalue weighted by Gasteiger charge is -2.04. The summed E-state index contributed by atoms with van der Waals surface area (Å²) in [5.41, 5.74) is 5.82. The second-order valence-corrected chi connectivity index (χ2v) is 4.05. The molecule has 0 heterocycles. The quantitative estimate of drug-likeness (QED) is 0.744. The van der Waals surface area contributed by atoms with Gasteiger partial charge < -0.3 is 10.8 Å².